The Bertz CT molecular complexity index is 661. The molecular formula is C11H13ClN2O6S. The van der Waals surface area contributed by atoms with Gasteiger partial charge in [-0.2, -0.15) is 4.31 Å². The predicted molar refractivity (Wildman–Crippen MR) is 74.6 cm³/mol. The first-order chi connectivity index (χ1) is 9.70. The summed E-state index contributed by atoms with van der Waals surface area (Å²) in [6.07, 6.45) is 0. The van der Waals surface area contributed by atoms with E-state index in [9.17, 15) is 23.3 Å². The minimum atomic E-state index is -4.05. The molecule has 21 heavy (non-hydrogen) atoms. The van der Waals surface area contributed by atoms with Gasteiger partial charge in [-0.1, -0.05) is 11.6 Å². The molecule has 116 valence electrons. The third-order valence-corrected chi connectivity index (χ3v) is 4.76. The molecule has 0 unspecified atom stereocenters. The lowest BCUT2D eigenvalue weighted by molar-refractivity contribution is -0.384. The lowest BCUT2D eigenvalue weighted by Gasteiger charge is -2.16. The summed E-state index contributed by atoms with van der Waals surface area (Å²) in [5.74, 6) is -0.707. The van der Waals surface area contributed by atoms with Crippen molar-refractivity contribution in [2.45, 2.75) is 11.8 Å². The van der Waals surface area contributed by atoms with Gasteiger partial charge in [0.15, 0.2) is 0 Å². The molecule has 0 aliphatic rings. The van der Waals surface area contributed by atoms with E-state index >= 15 is 0 Å². The van der Waals surface area contributed by atoms with Gasteiger partial charge in [0.2, 0.25) is 10.0 Å². The second kappa shape index (κ2) is 6.83. The SMILES string of the molecule is CCOC(=O)CN(C)S(=O)(=O)c1ccc([N+](=O)[O-])cc1Cl. The first kappa shape index (κ1) is 17.3. The number of nitro groups is 1. The zero-order chi connectivity index (χ0) is 16.2. The molecule has 0 heterocycles. The molecule has 0 spiro atoms. The highest BCUT2D eigenvalue weighted by Gasteiger charge is 2.27. The number of ether oxygens (including phenoxy) is 1. The normalized spacial score (nSPS) is 11.4. The fraction of sp³-hybridized carbons (Fsp3) is 0.364. The number of likely N-dealkylation sites (N-methyl/N-ethyl adjacent to an activating group) is 1. The number of carbonyl (C=O) groups is 1. The molecule has 0 atom stereocenters. The summed E-state index contributed by atoms with van der Waals surface area (Å²) in [6, 6.07) is 2.99. The molecule has 0 bridgehead atoms. The standard InChI is InChI=1S/C11H13ClN2O6S/c1-3-20-11(15)7-13(2)21(18,19)10-5-4-8(14(16)17)6-9(10)12/h4-6H,3,7H2,1-2H3. The summed E-state index contributed by atoms with van der Waals surface area (Å²) in [5, 5.41) is 10.3. The smallest absolute Gasteiger partial charge is 0.321 e. The van der Waals surface area contributed by atoms with Gasteiger partial charge < -0.3 is 4.74 Å². The van der Waals surface area contributed by atoms with Crippen LogP contribution in [0.1, 0.15) is 6.92 Å². The highest BCUT2D eigenvalue weighted by molar-refractivity contribution is 7.89. The molecule has 1 rings (SSSR count). The molecule has 10 heteroatoms. The van der Waals surface area contributed by atoms with E-state index in [1.807, 2.05) is 0 Å². The number of rotatable bonds is 6. The maximum atomic E-state index is 12.2. The number of nitro benzene ring substituents is 1. The topological polar surface area (TPSA) is 107 Å². The van der Waals surface area contributed by atoms with Crippen molar-refractivity contribution in [2.24, 2.45) is 0 Å². The predicted octanol–water partition coefficient (Wildman–Crippen LogP) is 1.43. The quantitative estimate of drug-likeness (QED) is 0.442. The van der Waals surface area contributed by atoms with E-state index < -0.39 is 27.5 Å². The molecule has 0 aliphatic carbocycles. The summed E-state index contributed by atoms with van der Waals surface area (Å²) in [4.78, 5) is 20.9. The monoisotopic (exact) mass is 336 g/mol. The Balaban J connectivity index is 3.07. The van der Waals surface area contributed by atoms with Crippen molar-refractivity contribution in [2.75, 3.05) is 20.2 Å². The lowest BCUT2D eigenvalue weighted by Crippen LogP contribution is -2.33. The highest BCUT2D eigenvalue weighted by atomic mass is 35.5. The van der Waals surface area contributed by atoms with Gasteiger partial charge in [-0.3, -0.25) is 14.9 Å². The molecule has 1 aromatic rings. The van der Waals surface area contributed by atoms with Crippen LogP contribution < -0.4 is 0 Å². The van der Waals surface area contributed by atoms with Crippen LogP contribution in [0.15, 0.2) is 23.1 Å². The van der Waals surface area contributed by atoms with Gasteiger partial charge in [0.05, 0.1) is 16.6 Å². The number of esters is 1. The molecule has 0 aliphatic heterocycles. The zero-order valence-corrected chi connectivity index (χ0v) is 12.8. The number of hydrogen-bond acceptors (Lipinski definition) is 6. The van der Waals surface area contributed by atoms with Crippen molar-refractivity contribution in [3.63, 3.8) is 0 Å². The summed E-state index contributed by atoms with van der Waals surface area (Å²) >= 11 is 5.77. The molecule has 0 fully saturated rings. The van der Waals surface area contributed by atoms with E-state index in [2.05, 4.69) is 4.74 Å². The van der Waals surface area contributed by atoms with Gasteiger partial charge in [0.1, 0.15) is 11.4 Å². The van der Waals surface area contributed by atoms with Gasteiger partial charge in [0, 0.05) is 19.2 Å². The van der Waals surface area contributed by atoms with Crippen molar-refractivity contribution in [1.82, 2.24) is 4.31 Å². The molecule has 0 aromatic heterocycles. The Morgan fingerprint density at radius 2 is 2.10 bits per heavy atom. The first-order valence-electron chi connectivity index (χ1n) is 5.76. The van der Waals surface area contributed by atoms with E-state index in [1.54, 1.807) is 6.92 Å². The minimum Gasteiger partial charge on any atom is -0.465 e. The van der Waals surface area contributed by atoms with E-state index in [0.29, 0.717) is 0 Å². The largest absolute Gasteiger partial charge is 0.465 e. The number of non-ortho nitro benzene ring substituents is 1. The van der Waals surface area contributed by atoms with Crippen LogP contribution in [0.25, 0.3) is 0 Å². The average molecular weight is 337 g/mol. The highest BCUT2D eigenvalue weighted by Crippen LogP contribution is 2.27. The number of nitrogens with zero attached hydrogens (tertiary/aromatic N) is 2. The van der Waals surface area contributed by atoms with Crippen molar-refractivity contribution < 1.29 is 22.9 Å². The minimum absolute atomic E-state index is 0.130. The first-order valence-corrected chi connectivity index (χ1v) is 7.57. The summed E-state index contributed by atoms with van der Waals surface area (Å²) in [7, 11) is -2.86. The Kier molecular flexibility index (Phi) is 5.64. The second-order valence-electron chi connectivity index (χ2n) is 3.94. The number of carbonyl (C=O) groups excluding carboxylic acids is 1. The summed E-state index contributed by atoms with van der Waals surface area (Å²) in [6.45, 7) is 1.24. The third-order valence-electron chi connectivity index (χ3n) is 2.47. The average Bonchev–Trinajstić information content (AvgIpc) is 2.38. The molecular weight excluding hydrogens is 324 g/mol. The fourth-order valence-corrected chi connectivity index (χ4v) is 3.08. The van der Waals surface area contributed by atoms with Crippen LogP contribution in [-0.2, 0) is 19.6 Å². The Hall–Kier alpha value is -1.71. The second-order valence-corrected chi connectivity index (χ2v) is 6.36. The van der Waals surface area contributed by atoms with Gasteiger partial charge in [0.25, 0.3) is 5.69 Å². The van der Waals surface area contributed by atoms with Crippen LogP contribution in [0.3, 0.4) is 0 Å². The van der Waals surface area contributed by atoms with Crippen LogP contribution in [0.5, 0.6) is 0 Å². The van der Waals surface area contributed by atoms with Crippen molar-refractivity contribution in [3.05, 3.63) is 33.3 Å². The third kappa shape index (κ3) is 4.13. The summed E-state index contributed by atoms with van der Waals surface area (Å²) in [5.41, 5.74) is -0.327. The maximum absolute atomic E-state index is 12.2. The molecule has 0 saturated carbocycles. The van der Waals surface area contributed by atoms with Gasteiger partial charge >= 0.3 is 5.97 Å². The lowest BCUT2D eigenvalue weighted by atomic mass is 10.3. The van der Waals surface area contributed by atoms with Crippen LogP contribution in [0, 0.1) is 10.1 Å². The van der Waals surface area contributed by atoms with Crippen molar-refractivity contribution >= 4 is 33.3 Å². The van der Waals surface area contributed by atoms with Crippen LogP contribution in [0.4, 0.5) is 5.69 Å². The molecule has 0 radical (unpaired) electrons. The molecule has 1 aromatic carbocycles. The number of sulfonamides is 1. The number of hydrogen-bond donors (Lipinski definition) is 0. The van der Waals surface area contributed by atoms with E-state index in [1.165, 1.54) is 7.05 Å². The fourth-order valence-electron chi connectivity index (χ4n) is 1.45. The van der Waals surface area contributed by atoms with Crippen molar-refractivity contribution in [1.29, 1.82) is 0 Å². The molecule has 0 amide bonds. The molecule has 8 nitrogen and oxygen atoms in total. The summed E-state index contributed by atoms with van der Waals surface area (Å²) < 4.78 is 29.9. The number of benzene rings is 1. The van der Waals surface area contributed by atoms with Gasteiger partial charge in [-0.15, -0.1) is 0 Å². The maximum Gasteiger partial charge on any atom is 0.321 e. The van der Waals surface area contributed by atoms with E-state index in [-0.39, 0.29) is 22.2 Å². The Morgan fingerprint density at radius 1 is 1.48 bits per heavy atom. The van der Waals surface area contributed by atoms with Crippen LogP contribution in [0.2, 0.25) is 5.02 Å². The van der Waals surface area contributed by atoms with E-state index in [4.69, 9.17) is 11.6 Å². The van der Waals surface area contributed by atoms with Gasteiger partial charge in [-0.05, 0) is 13.0 Å². The molecule has 0 saturated heterocycles. The van der Waals surface area contributed by atoms with Crippen LogP contribution in [-0.4, -0.2) is 43.8 Å². The van der Waals surface area contributed by atoms with E-state index in [0.717, 1.165) is 22.5 Å². The Labute approximate surface area is 126 Å². The van der Waals surface area contributed by atoms with Gasteiger partial charge in [-0.25, -0.2) is 8.42 Å². The Morgan fingerprint density at radius 3 is 2.57 bits per heavy atom. The van der Waals surface area contributed by atoms with Crippen molar-refractivity contribution in [3.8, 4) is 0 Å². The number of halogens is 1. The molecule has 0 N–H and O–H groups in total. The zero-order valence-electron chi connectivity index (χ0n) is 11.3. The van der Waals surface area contributed by atoms with Crippen LogP contribution >= 0.6 is 11.6 Å².